The summed E-state index contributed by atoms with van der Waals surface area (Å²) in [6.07, 6.45) is -0.504. The topological polar surface area (TPSA) is 62.1 Å². The maximum absolute atomic E-state index is 11.4. The van der Waals surface area contributed by atoms with Crippen molar-refractivity contribution in [2.75, 3.05) is 6.54 Å². The molecule has 0 saturated heterocycles. The van der Waals surface area contributed by atoms with Crippen molar-refractivity contribution in [3.05, 3.63) is 34.9 Å². The third-order valence-corrected chi connectivity index (χ3v) is 2.24. The minimum absolute atomic E-state index is 0.174. The lowest BCUT2D eigenvalue weighted by Gasteiger charge is -2.19. The van der Waals surface area contributed by atoms with Crippen molar-refractivity contribution in [1.82, 2.24) is 5.32 Å². The quantitative estimate of drug-likeness (QED) is 0.798. The standard InChI is InChI=1S/C16H18N2O2/c1-12-7-8-13(14(10-12)11-17)6-5-9-18-15(19)20-16(2,3)4/h7-8,10H,9H2,1-4H3,(H,18,19). The van der Waals surface area contributed by atoms with Crippen LogP contribution in [0.15, 0.2) is 18.2 Å². The Kier molecular flexibility index (Phi) is 5.17. The van der Waals surface area contributed by atoms with Crippen LogP contribution in [-0.2, 0) is 4.74 Å². The number of nitriles is 1. The van der Waals surface area contributed by atoms with E-state index >= 15 is 0 Å². The summed E-state index contributed by atoms with van der Waals surface area (Å²) in [4.78, 5) is 11.4. The Morgan fingerprint density at radius 2 is 2.05 bits per heavy atom. The molecule has 1 aromatic carbocycles. The van der Waals surface area contributed by atoms with Crippen molar-refractivity contribution in [1.29, 1.82) is 5.26 Å². The first-order valence-electron chi connectivity index (χ1n) is 6.28. The summed E-state index contributed by atoms with van der Waals surface area (Å²) in [7, 11) is 0. The minimum atomic E-state index is -0.525. The highest BCUT2D eigenvalue weighted by molar-refractivity contribution is 5.68. The molecule has 0 unspecified atom stereocenters. The largest absolute Gasteiger partial charge is 0.444 e. The molecule has 1 rings (SSSR count). The van der Waals surface area contributed by atoms with Gasteiger partial charge >= 0.3 is 6.09 Å². The number of alkyl carbamates (subject to hydrolysis) is 1. The predicted octanol–water partition coefficient (Wildman–Crippen LogP) is 2.74. The van der Waals surface area contributed by atoms with Gasteiger partial charge in [0, 0.05) is 5.56 Å². The zero-order valence-electron chi connectivity index (χ0n) is 12.2. The molecule has 0 fully saturated rings. The number of rotatable bonds is 1. The molecule has 0 aromatic heterocycles. The van der Waals surface area contributed by atoms with E-state index in [0.717, 1.165) is 5.56 Å². The molecule has 4 heteroatoms. The molecule has 1 amide bonds. The second kappa shape index (κ2) is 6.63. The number of amides is 1. The average Bonchev–Trinajstić information content (AvgIpc) is 2.33. The molecule has 0 atom stereocenters. The van der Waals surface area contributed by atoms with Crippen LogP contribution < -0.4 is 5.32 Å². The third kappa shape index (κ3) is 5.46. The number of carbonyl (C=O) groups is 1. The van der Waals surface area contributed by atoms with E-state index in [0.29, 0.717) is 11.1 Å². The van der Waals surface area contributed by atoms with Crippen LogP contribution in [0.3, 0.4) is 0 Å². The highest BCUT2D eigenvalue weighted by Crippen LogP contribution is 2.09. The molecule has 0 aliphatic rings. The van der Waals surface area contributed by atoms with Gasteiger partial charge in [-0.05, 0) is 45.4 Å². The van der Waals surface area contributed by atoms with E-state index < -0.39 is 11.7 Å². The first-order chi connectivity index (χ1) is 9.31. The molecule has 0 aliphatic heterocycles. The third-order valence-electron chi connectivity index (χ3n) is 2.24. The number of hydrogen-bond donors (Lipinski definition) is 1. The van der Waals surface area contributed by atoms with Crippen molar-refractivity contribution in [3.63, 3.8) is 0 Å². The number of benzene rings is 1. The fourth-order valence-corrected chi connectivity index (χ4v) is 1.43. The molecule has 1 N–H and O–H groups in total. The number of nitrogens with one attached hydrogen (secondary N) is 1. The summed E-state index contributed by atoms with van der Waals surface area (Å²) in [5, 5.41) is 11.5. The maximum Gasteiger partial charge on any atom is 0.408 e. The van der Waals surface area contributed by atoms with Gasteiger partial charge in [0.05, 0.1) is 12.1 Å². The summed E-state index contributed by atoms with van der Waals surface area (Å²) in [5.41, 5.74) is 1.68. The average molecular weight is 270 g/mol. The van der Waals surface area contributed by atoms with E-state index in [2.05, 4.69) is 23.2 Å². The van der Waals surface area contributed by atoms with Crippen LogP contribution in [0.5, 0.6) is 0 Å². The fraction of sp³-hybridized carbons (Fsp3) is 0.375. The van der Waals surface area contributed by atoms with Gasteiger partial charge in [0.2, 0.25) is 0 Å². The van der Waals surface area contributed by atoms with Crippen LogP contribution in [0, 0.1) is 30.1 Å². The van der Waals surface area contributed by atoms with Crippen LogP contribution in [0.2, 0.25) is 0 Å². The summed E-state index contributed by atoms with van der Waals surface area (Å²) in [6.45, 7) is 7.48. The Morgan fingerprint density at radius 1 is 1.35 bits per heavy atom. The first-order valence-corrected chi connectivity index (χ1v) is 6.28. The second-order valence-electron chi connectivity index (χ2n) is 5.32. The van der Waals surface area contributed by atoms with E-state index in [1.807, 2.05) is 13.0 Å². The summed E-state index contributed by atoms with van der Waals surface area (Å²) in [6, 6.07) is 7.58. The van der Waals surface area contributed by atoms with Crippen LogP contribution in [0.1, 0.15) is 37.5 Å². The van der Waals surface area contributed by atoms with Crippen molar-refractivity contribution < 1.29 is 9.53 Å². The Hall–Kier alpha value is -2.46. The molecule has 0 bridgehead atoms. The first kappa shape index (κ1) is 15.6. The Labute approximate surface area is 119 Å². The summed E-state index contributed by atoms with van der Waals surface area (Å²) in [5.74, 6) is 5.67. The maximum atomic E-state index is 11.4. The monoisotopic (exact) mass is 270 g/mol. The number of carbonyl (C=O) groups excluding carboxylic acids is 1. The molecular formula is C16H18N2O2. The van der Waals surface area contributed by atoms with Crippen LogP contribution >= 0.6 is 0 Å². The number of hydrogen-bond acceptors (Lipinski definition) is 3. The molecule has 0 spiro atoms. The van der Waals surface area contributed by atoms with Gasteiger partial charge in [0.15, 0.2) is 0 Å². The Bertz CT molecular complexity index is 596. The SMILES string of the molecule is Cc1ccc(C#CCNC(=O)OC(C)(C)C)c(C#N)c1. The zero-order valence-corrected chi connectivity index (χ0v) is 12.2. The van der Waals surface area contributed by atoms with Crippen LogP contribution in [0.4, 0.5) is 4.79 Å². The highest BCUT2D eigenvalue weighted by Gasteiger charge is 2.14. The van der Waals surface area contributed by atoms with Crippen molar-refractivity contribution in [3.8, 4) is 17.9 Å². The van der Waals surface area contributed by atoms with Gasteiger partial charge in [-0.1, -0.05) is 17.9 Å². The molecule has 0 aliphatic carbocycles. The van der Waals surface area contributed by atoms with Gasteiger partial charge in [-0.15, -0.1) is 0 Å². The number of ether oxygens (including phenoxy) is 1. The van der Waals surface area contributed by atoms with E-state index in [4.69, 9.17) is 10.00 Å². The van der Waals surface area contributed by atoms with Gasteiger partial charge in [0.1, 0.15) is 11.7 Å². The Morgan fingerprint density at radius 3 is 2.65 bits per heavy atom. The van der Waals surface area contributed by atoms with E-state index in [1.54, 1.807) is 32.9 Å². The molecule has 20 heavy (non-hydrogen) atoms. The molecule has 104 valence electrons. The lowest BCUT2D eigenvalue weighted by molar-refractivity contribution is 0.0535. The summed E-state index contributed by atoms with van der Waals surface area (Å²) >= 11 is 0. The number of nitrogens with zero attached hydrogens (tertiary/aromatic N) is 1. The van der Waals surface area contributed by atoms with Gasteiger partial charge in [-0.3, -0.25) is 0 Å². The fourth-order valence-electron chi connectivity index (χ4n) is 1.43. The van der Waals surface area contributed by atoms with E-state index in [9.17, 15) is 4.79 Å². The smallest absolute Gasteiger partial charge is 0.408 e. The van der Waals surface area contributed by atoms with Gasteiger partial charge < -0.3 is 10.1 Å². The molecule has 1 aromatic rings. The number of aryl methyl sites for hydroxylation is 1. The lowest BCUT2D eigenvalue weighted by atomic mass is 10.1. The highest BCUT2D eigenvalue weighted by atomic mass is 16.6. The normalized spacial score (nSPS) is 9.95. The molecule has 0 radical (unpaired) electrons. The molecule has 4 nitrogen and oxygen atoms in total. The van der Waals surface area contributed by atoms with Crippen molar-refractivity contribution in [2.45, 2.75) is 33.3 Å². The van der Waals surface area contributed by atoms with E-state index in [-0.39, 0.29) is 6.54 Å². The van der Waals surface area contributed by atoms with Gasteiger partial charge in [0.25, 0.3) is 0 Å². The summed E-state index contributed by atoms with van der Waals surface area (Å²) < 4.78 is 5.08. The Balaban J connectivity index is 2.60. The zero-order chi connectivity index (χ0) is 15.2. The predicted molar refractivity (Wildman–Crippen MR) is 77.0 cm³/mol. The lowest BCUT2D eigenvalue weighted by Crippen LogP contribution is -2.32. The van der Waals surface area contributed by atoms with Crippen molar-refractivity contribution in [2.24, 2.45) is 0 Å². The van der Waals surface area contributed by atoms with Gasteiger partial charge in [-0.2, -0.15) is 5.26 Å². The molecular weight excluding hydrogens is 252 g/mol. The van der Waals surface area contributed by atoms with Crippen molar-refractivity contribution >= 4 is 6.09 Å². The molecule has 0 saturated carbocycles. The van der Waals surface area contributed by atoms with Gasteiger partial charge in [-0.25, -0.2) is 4.79 Å². The minimum Gasteiger partial charge on any atom is -0.444 e. The molecule has 0 heterocycles. The van der Waals surface area contributed by atoms with E-state index in [1.165, 1.54) is 0 Å². The van der Waals surface area contributed by atoms with Crippen LogP contribution in [0.25, 0.3) is 0 Å². The van der Waals surface area contributed by atoms with Crippen LogP contribution in [-0.4, -0.2) is 18.2 Å². The second-order valence-corrected chi connectivity index (χ2v) is 5.32.